The highest BCUT2D eigenvalue weighted by Gasteiger charge is 2.12. The first-order chi connectivity index (χ1) is 8.58. The molecule has 5 nitrogen and oxygen atoms in total. The Balaban J connectivity index is 2.40. The molecule has 0 spiro atoms. The molecule has 92 valence electrons. The zero-order chi connectivity index (χ0) is 13.1. The van der Waals surface area contributed by atoms with Crippen LogP contribution in [0.15, 0.2) is 36.5 Å². The Bertz CT molecular complexity index is 597. The number of amides is 1. The van der Waals surface area contributed by atoms with Gasteiger partial charge in [-0.25, -0.2) is 4.98 Å². The van der Waals surface area contributed by atoms with E-state index in [4.69, 9.17) is 16.2 Å². The van der Waals surface area contributed by atoms with Crippen LogP contribution in [0.2, 0.25) is 0 Å². The van der Waals surface area contributed by atoms with Crippen LogP contribution in [0.3, 0.4) is 0 Å². The van der Waals surface area contributed by atoms with E-state index < -0.39 is 5.91 Å². The standard InChI is InChI=1S/C13H13N3O2/c1-8-4-5-10(14)11(7-8)18-13-9(12(15)17)3-2-6-16-13/h2-7H,14H2,1H3,(H2,15,17). The van der Waals surface area contributed by atoms with Crippen molar-refractivity contribution in [1.29, 1.82) is 0 Å². The number of primary amides is 1. The molecule has 1 aromatic carbocycles. The third kappa shape index (κ3) is 2.40. The number of nitrogens with zero attached hydrogens (tertiary/aromatic N) is 1. The lowest BCUT2D eigenvalue weighted by atomic mass is 10.2. The summed E-state index contributed by atoms with van der Waals surface area (Å²) in [5.41, 5.74) is 12.7. The van der Waals surface area contributed by atoms with Crippen molar-refractivity contribution in [3.63, 3.8) is 0 Å². The molecule has 0 saturated heterocycles. The second kappa shape index (κ2) is 4.75. The van der Waals surface area contributed by atoms with Crippen molar-refractivity contribution in [2.24, 2.45) is 5.73 Å². The zero-order valence-electron chi connectivity index (χ0n) is 9.88. The monoisotopic (exact) mass is 243 g/mol. The molecular formula is C13H13N3O2. The van der Waals surface area contributed by atoms with Gasteiger partial charge in [0.1, 0.15) is 5.56 Å². The minimum atomic E-state index is -0.593. The maximum atomic E-state index is 11.2. The van der Waals surface area contributed by atoms with Crippen molar-refractivity contribution in [2.75, 3.05) is 5.73 Å². The molecule has 0 radical (unpaired) electrons. The van der Waals surface area contributed by atoms with Gasteiger partial charge in [0.15, 0.2) is 5.75 Å². The van der Waals surface area contributed by atoms with E-state index in [1.807, 2.05) is 13.0 Å². The first kappa shape index (κ1) is 11.9. The number of hydrogen-bond acceptors (Lipinski definition) is 4. The molecule has 0 bridgehead atoms. The summed E-state index contributed by atoms with van der Waals surface area (Å²) in [5, 5.41) is 0. The van der Waals surface area contributed by atoms with Gasteiger partial charge in [-0.3, -0.25) is 4.79 Å². The molecule has 0 atom stereocenters. The zero-order valence-corrected chi connectivity index (χ0v) is 9.88. The van der Waals surface area contributed by atoms with E-state index in [0.29, 0.717) is 11.4 Å². The van der Waals surface area contributed by atoms with Gasteiger partial charge >= 0.3 is 0 Å². The molecular weight excluding hydrogens is 230 g/mol. The van der Waals surface area contributed by atoms with Gasteiger partial charge in [0, 0.05) is 6.20 Å². The third-order valence-electron chi connectivity index (χ3n) is 2.41. The maximum Gasteiger partial charge on any atom is 0.254 e. The fraction of sp³-hybridized carbons (Fsp3) is 0.0769. The minimum absolute atomic E-state index is 0.155. The number of pyridine rings is 1. The molecule has 1 amide bonds. The average Bonchev–Trinajstić information content (AvgIpc) is 2.34. The molecule has 0 unspecified atom stereocenters. The number of nitrogen functional groups attached to an aromatic ring is 1. The Morgan fingerprint density at radius 3 is 2.83 bits per heavy atom. The summed E-state index contributed by atoms with van der Waals surface area (Å²) < 4.78 is 5.55. The summed E-state index contributed by atoms with van der Waals surface area (Å²) in [6.07, 6.45) is 1.52. The Morgan fingerprint density at radius 1 is 1.33 bits per heavy atom. The second-order valence-corrected chi connectivity index (χ2v) is 3.86. The molecule has 18 heavy (non-hydrogen) atoms. The van der Waals surface area contributed by atoms with Crippen molar-refractivity contribution < 1.29 is 9.53 Å². The highest BCUT2D eigenvalue weighted by Crippen LogP contribution is 2.28. The largest absolute Gasteiger partial charge is 0.436 e. The Morgan fingerprint density at radius 2 is 2.11 bits per heavy atom. The molecule has 2 rings (SSSR count). The number of ether oxygens (including phenoxy) is 1. The number of aryl methyl sites for hydroxylation is 1. The van der Waals surface area contributed by atoms with Crippen LogP contribution >= 0.6 is 0 Å². The smallest absolute Gasteiger partial charge is 0.254 e. The molecule has 0 aliphatic rings. The molecule has 1 heterocycles. The summed E-state index contributed by atoms with van der Waals surface area (Å²) in [6.45, 7) is 1.92. The number of nitrogens with two attached hydrogens (primary N) is 2. The Hall–Kier alpha value is -2.56. The van der Waals surface area contributed by atoms with Crippen molar-refractivity contribution >= 4 is 11.6 Å². The second-order valence-electron chi connectivity index (χ2n) is 3.86. The SMILES string of the molecule is Cc1ccc(N)c(Oc2ncccc2C(N)=O)c1. The average molecular weight is 243 g/mol. The predicted octanol–water partition coefficient (Wildman–Crippen LogP) is 1.86. The number of aromatic nitrogens is 1. The number of carbonyl (C=O) groups excluding carboxylic acids is 1. The van der Waals surface area contributed by atoms with Crippen molar-refractivity contribution in [2.45, 2.75) is 6.92 Å². The highest BCUT2D eigenvalue weighted by atomic mass is 16.5. The van der Waals surface area contributed by atoms with E-state index in [2.05, 4.69) is 4.98 Å². The number of carbonyl (C=O) groups is 1. The summed E-state index contributed by atoms with van der Waals surface area (Å²) in [4.78, 5) is 15.2. The van der Waals surface area contributed by atoms with Gasteiger partial charge < -0.3 is 16.2 Å². The topological polar surface area (TPSA) is 91.2 Å². The van der Waals surface area contributed by atoms with Crippen LogP contribution in [-0.4, -0.2) is 10.9 Å². The van der Waals surface area contributed by atoms with Crippen molar-refractivity contribution in [1.82, 2.24) is 4.98 Å². The summed E-state index contributed by atoms with van der Waals surface area (Å²) in [6, 6.07) is 8.55. The van der Waals surface area contributed by atoms with E-state index in [9.17, 15) is 4.79 Å². The van der Waals surface area contributed by atoms with Gasteiger partial charge in [-0.05, 0) is 36.8 Å². The number of hydrogen-bond donors (Lipinski definition) is 2. The van der Waals surface area contributed by atoms with Crippen LogP contribution in [0, 0.1) is 6.92 Å². The van der Waals surface area contributed by atoms with Gasteiger partial charge in [0.2, 0.25) is 5.88 Å². The number of rotatable bonds is 3. The third-order valence-corrected chi connectivity index (χ3v) is 2.41. The quantitative estimate of drug-likeness (QED) is 0.805. The van der Waals surface area contributed by atoms with E-state index in [0.717, 1.165) is 5.56 Å². The molecule has 0 saturated carbocycles. The first-order valence-corrected chi connectivity index (χ1v) is 5.36. The van der Waals surface area contributed by atoms with Crippen LogP contribution < -0.4 is 16.2 Å². The van der Waals surface area contributed by atoms with Crippen LogP contribution in [0.1, 0.15) is 15.9 Å². The normalized spacial score (nSPS) is 10.1. The maximum absolute atomic E-state index is 11.2. The lowest BCUT2D eigenvalue weighted by Gasteiger charge is -2.10. The minimum Gasteiger partial charge on any atom is -0.436 e. The summed E-state index contributed by atoms with van der Waals surface area (Å²) in [5.74, 6) is 0.0165. The summed E-state index contributed by atoms with van der Waals surface area (Å²) >= 11 is 0. The van der Waals surface area contributed by atoms with Crippen molar-refractivity contribution in [3.05, 3.63) is 47.7 Å². The van der Waals surface area contributed by atoms with Gasteiger partial charge in [-0.1, -0.05) is 6.07 Å². The molecule has 0 aliphatic carbocycles. The molecule has 5 heteroatoms. The van der Waals surface area contributed by atoms with Crippen LogP contribution in [0.5, 0.6) is 11.6 Å². The molecule has 0 aliphatic heterocycles. The predicted molar refractivity (Wildman–Crippen MR) is 68.4 cm³/mol. The van der Waals surface area contributed by atoms with Gasteiger partial charge in [0.25, 0.3) is 5.91 Å². The number of benzene rings is 1. The fourth-order valence-electron chi connectivity index (χ4n) is 1.49. The molecule has 2 aromatic rings. The first-order valence-electron chi connectivity index (χ1n) is 5.36. The van der Waals surface area contributed by atoms with Gasteiger partial charge in [0.05, 0.1) is 5.69 Å². The van der Waals surface area contributed by atoms with Gasteiger partial charge in [-0.2, -0.15) is 0 Å². The van der Waals surface area contributed by atoms with E-state index in [1.54, 1.807) is 24.3 Å². The molecule has 1 aromatic heterocycles. The fourth-order valence-corrected chi connectivity index (χ4v) is 1.49. The molecule has 4 N–H and O–H groups in total. The van der Waals surface area contributed by atoms with Crippen LogP contribution in [0.4, 0.5) is 5.69 Å². The summed E-state index contributed by atoms with van der Waals surface area (Å²) in [7, 11) is 0. The van der Waals surface area contributed by atoms with Crippen LogP contribution in [0.25, 0.3) is 0 Å². The lowest BCUT2D eigenvalue weighted by Crippen LogP contribution is -2.13. The van der Waals surface area contributed by atoms with E-state index in [1.165, 1.54) is 6.20 Å². The van der Waals surface area contributed by atoms with E-state index >= 15 is 0 Å². The molecule has 0 fully saturated rings. The lowest BCUT2D eigenvalue weighted by molar-refractivity contribution is 0.0997. The van der Waals surface area contributed by atoms with E-state index in [-0.39, 0.29) is 11.4 Å². The highest BCUT2D eigenvalue weighted by molar-refractivity contribution is 5.95. The van der Waals surface area contributed by atoms with Crippen LogP contribution in [-0.2, 0) is 0 Å². The van der Waals surface area contributed by atoms with Gasteiger partial charge in [-0.15, -0.1) is 0 Å². The Labute approximate surface area is 104 Å². The number of anilines is 1. The Kier molecular flexibility index (Phi) is 3.14. The van der Waals surface area contributed by atoms with Crippen molar-refractivity contribution in [3.8, 4) is 11.6 Å².